The van der Waals surface area contributed by atoms with Crippen LogP contribution in [0.25, 0.3) is 0 Å². The van der Waals surface area contributed by atoms with E-state index in [-0.39, 0.29) is 25.1 Å². The van der Waals surface area contributed by atoms with Gasteiger partial charge in [-0.2, -0.15) is 0 Å². The number of esters is 1. The third-order valence-corrected chi connectivity index (χ3v) is 18.2. The van der Waals surface area contributed by atoms with Gasteiger partial charge in [0.2, 0.25) is 5.91 Å². The van der Waals surface area contributed by atoms with E-state index in [1.54, 1.807) is 0 Å². The lowest BCUT2D eigenvalue weighted by molar-refractivity contribution is -0.870. The standard InChI is InChI=1S/C78H147N2O7P/c1-7-10-13-16-19-22-25-28-30-32-34-36-38-39-40-41-43-45-47-49-51-53-56-59-62-65-68-71-78(82)87-76(69-66-63-60-57-54-27-24-21-18-15-12-9-3)75(74-86-88(83,84)85-73-72-80(4,5)6)79-77(81)70-67-64-61-58-55-52-50-48-46-44-42-37-35-33-31-29-26-23-20-17-14-11-8-2/h20,23,29,31,35,37,44,46,66,69,75-76H,7-19,21-22,24-28,30,32-34,36,38-43,45,47-65,67-68,70-74H2,1-6H3,(H-,79,81,83,84)/p+1/b23-20-,31-29-,37-35-,46-44-,69-66+. The minimum atomic E-state index is -4.46. The molecule has 0 aromatic heterocycles. The molecule has 0 spiro atoms. The lowest BCUT2D eigenvalue weighted by Gasteiger charge is -2.27. The van der Waals surface area contributed by atoms with Gasteiger partial charge in [-0.1, -0.05) is 345 Å². The molecular formula is C78H148N2O7P+. The van der Waals surface area contributed by atoms with Crippen molar-refractivity contribution >= 4 is 19.7 Å². The van der Waals surface area contributed by atoms with Gasteiger partial charge in [0.1, 0.15) is 19.3 Å². The lowest BCUT2D eigenvalue weighted by Crippen LogP contribution is -2.47. The van der Waals surface area contributed by atoms with Crippen LogP contribution < -0.4 is 5.32 Å². The Kier molecular flexibility index (Phi) is 65.8. The Morgan fingerprint density at radius 2 is 0.693 bits per heavy atom. The fourth-order valence-electron chi connectivity index (χ4n) is 11.3. The van der Waals surface area contributed by atoms with Gasteiger partial charge in [-0.25, -0.2) is 4.57 Å². The molecule has 0 aromatic carbocycles. The summed E-state index contributed by atoms with van der Waals surface area (Å²) in [5.41, 5.74) is 0. The summed E-state index contributed by atoms with van der Waals surface area (Å²) in [6.07, 6.45) is 88.2. The van der Waals surface area contributed by atoms with Crippen molar-refractivity contribution in [3.63, 3.8) is 0 Å². The Bertz CT molecular complexity index is 1690. The van der Waals surface area contributed by atoms with Crippen LogP contribution in [0, 0.1) is 0 Å². The number of allylic oxidation sites excluding steroid dienone is 9. The molecule has 0 rings (SSSR count). The van der Waals surface area contributed by atoms with Gasteiger partial charge in [0.25, 0.3) is 0 Å². The smallest absolute Gasteiger partial charge is 0.456 e. The van der Waals surface area contributed by atoms with Crippen LogP contribution in [0.4, 0.5) is 0 Å². The number of phosphoric acid groups is 1. The van der Waals surface area contributed by atoms with Crippen molar-refractivity contribution in [2.24, 2.45) is 0 Å². The van der Waals surface area contributed by atoms with Gasteiger partial charge >= 0.3 is 13.8 Å². The first-order chi connectivity index (χ1) is 42.9. The topological polar surface area (TPSA) is 111 Å². The van der Waals surface area contributed by atoms with Crippen molar-refractivity contribution < 1.29 is 37.3 Å². The number of phosphoric ester groups is 1. The van der Waals surface area contributed by atoms with E-state index in [0.29, 0.717) is 23.9 Å². The van der Waals surface area contributed by atoms with Crippen LogP contribution >= 0.6 is 7.82 Å². The first-order valence-corrected chi connectivity index (χ1v) is 39.6. The number of carbonyl (C=O) groups excluding carboxylic acids is 2. The van der Waals surface area contributed by atoms with Crippen LogP contribution in [0.5, 0.6) is 0 Å². The molecule has 3 atom stereocenters. The minimum Gasteiger partial charge on any atom is -0.456 e. The Morgan fingerprint density at radius 3 is 1.06 bits per heavy atom. The SMILES string of the molecule is CCCCC/C=C\C/C=C\C/C=C\C/C=C\CCCCCCCCCC(=O)NC(COP(=O)(O)OCC[N+](C)(C)C)C(/C=C/CCCCCCCCCCCC)OC(=O)CCCCCCCCCCCCCCCCCCCCCCCCCCCCC. The predicted octanol–water partition coefficient (Wildman–Crippen LogP) is 24.5. The van der Waals surface area contributed by atoms with Crippen LogP contribution in [0.3, 0.4) is 0 Å². The quantitative estimate of drug-likeness (QED) is 0.0205. The lowest BCUT2D eigenvalue weighted by atomic mass is 10.0. The molecule has 516 valence electrons. The molecule has 9 nitrogen and oxygen atoms in total. The van der Waals surface area contributed by atoms with Crippen LogP contribution in [0.15, 0.2) is 60.8 Å². The maximum atomic E-state index is 13.6. The molecule has 0 fully saturated rings. The summed E-state index contributed by atoms with van der Waals surface area (Å²) >= 11 is 0. The van der Waals surface area contributed by atoms with Gasteiger partial charge in [-0.05, 0) is 76.7 Å². The summed E-state index contributed by atoms with van der Waals surface area (Å²) in [5.74, 6) is -0.501. The fourth-order valence-corrected chi connectivity index (χ4v) is 12.1. The van der Waals surface area contributed by atoms with Crippen molar-refractivity contribution in [1.82, 2.24) is 5.32 Å². The Balaban J connectivity index is 4.98. The zero-order valence-electron chi connectivity index (χ0n) is 59.2. The highest BCUT2D eigenvalue weighted by molar-refractivity contribution is 7.47. The first-order valence-electron chi connectivity index (χ1n) is 38.1. The number of ether oxygens (including phenoxy) is 1. The van der Waals surface area contributed by atoms with E-state index in [1.165, 1.54) is 250 Å². The summed E-state index contributed by atoms with van der Waals surface area (Å²) < 4.78 is 30.9. The zero-order chi connectivity index (χ0) is 64.2. The maximum Gasteiger partial charge on any atom is 0.472 e. The monoisotopic (exact) mass is 1260 g/mol. The largest absolute Gasteiger partial charge is 0.472 e. The second-order valence-electron chi connectivity index (χ2n) is 27.2. The molecule has 10 heteroatoms. The van der Waals surface area contributed by atoms with Crippen molar-refractivity contribution in [3.8, 4) is 0 Å². The third kappa shape index (κ3) is 68.1. The molecule has 0 aromatic rings. The van der Waals surface area contributed by atoms with Crippen LogP contribution in [-0.2, 0) is 27.9 Å². The Labute approximate surface area is 547 Å². The molecule has 0 aliphatic heterocycles. The molecule has 0 saturated carbocycles. The van der Waals surface area contributed by atoms with Crippen molar-refractivity contribution in [2.45, 2.75) is 386 Å². The van der Waals surface area contributed by atoms with E-state index >= 15 is 0 Å². The van der Waals surface area contributed by atoms with Gasteiger partial charge < -0.3 is 19.4 Å². The van der Waals surface area contributed by atoms with Gasteiger partial charge in [0.05, 0.1) is 33.8 Å². The van der Waals surface area contributed by atoms with E-state index in [0.717, 1.165) is 89.9 Å². The molecule has 1 amide bonds. The number of carbonyl (C=O) groups is 2. The van der Waals surface area contributed by atoms with Crippen LogP contribution in [-0.4, -0.2) is 74.3 Å². The normalized spacial score (nSPS) is 13.8. The average molecular weight is 1260 g/mol. The number of likely N-dealkylation sites (N-methyl/N-ethyl adjacent to an activating group) is 1. The van der Waals surface area contributed by atoms with E-state index in [4.69, 9.17) is 13.8 Å². The van der Waals surface area contributed by atoms with Gasteiger partial charge in [-0.15, -0.1) is 0 Å². The number of unbranched alkanes of at least 4 members (excludes halogenated alkanes) is 46. The maximum absolute atomic E-state index is 13.6. The molecule has 0 aliphatic carbocycles. The highest BCUT2D eigenvalue weighted by atomic mass is 31.2. The van der Waals surface area contributed by atoms with Gasteiger partial charge in [-0.3, -0.25) is 18.6 Å². The molecule has 0 heterocycles. The van der Waals surface area contributed by atoms with E-state index < -0.39 is 20.0 Å². The Morgan fingerprint density at radius 1 is 0.398 bits per heavy atom. The number of hydrogen-bond donors (Lipinski definition) is 2. The van der Waals surface area contributed by atoms with Crippen molar-refractivity contribution in [1.29, 1.82) is 0 Å². The van der Waals surface area contributed by atoms with Crippen LogP contribution in [0.1, 0.15) is 374 Å². The zero-order valence-corrected chi connectivity index (χ0v) is 60.1. The minimum absolute atomic E-state index is 0.0382. The molecule has 0 aliphatic rings. The van der Waals surface area contributed by atoms with Gasteiger partial charge in [0.15, 0.2) is 0 Å². The molecule has 3 unspecified atom stereocenters. The summed E-state index contributed by atoms with van der Waals surface area (Å²) in [6.45, 7) is 7.03. The Hall–Kier alpha value is -2.29. The van der Waals surface area contributed by atoms with Gasteiger partial charge in [0, 0.05) is 12.8 Å². The summed E-state index contributed by atoms with van der Waals surface area (Å²) in [7, 11) is 1.50. The number of nitrogens with zero attached hydrogens (tertiary/aromatic N) is 1. The number of amides is 1. The van der Waals surface area contributed by atoms with Crippen LogP contribution in [0.2, 0.25) is 0 Å². The second kappa shape index (κ2) is 67.6. The summed E-state index contributed by atoms with van der Waals surface area (Å²) in [5, 5.41) is 3.07. The summed E-state index contributed by atoms with van der Waals surface area (Å²) in [6, 6.07) is -0.855. The molecule has 2 N–H and O–H groups in total. The number of rotatable bonds is 70. The number of hydrogen-bond acceptors (Lipinski definition) is 6. The molecule has 0 bridgehead atoms. The predicted molar refractivity (Wildman–Crippen MR) is 383 cm³/mol. The number of nitrogens with one attached hydrogen (secondary N) is 1. The second-order valence-corrected chi connectivity index (χ2v) is 28.6. The fraction of sp³-hybridized carbons (Fsp3) is 0.846. The highest BCUT2D eigenvalue weighted by Crippen LogP contribution is 2.43. The van der Waals surface area contributed by atoms with E-state index in [2.05, 4.69) is 74.7 Å². The molecular weight excluding hydrogens is 1110 g/mol. The highest BCUT2D eigenvalue weighted by Gasteiger charge is 2.30. The van der Waals surface area contributed by atoms with Crippen molar-refractivity contribution in [3.05, 3.63) is 60.8 Å². The number of quaternary nitrogens is 1. The third-order valence-electron chi connectivity index (χ3n) is 17.2. The molecule has 0 radical (unpaired) electrons. The molecule has 88 heavy (non-hydrogen) atoms. The van der Waals surface area contributed by atoms with E-state index in [1.807, 2.05) is 33.3 Å². The average Bonchev–Trinajstić information content (AvgIpc) is 3.53. The van der Waals surface area contributed by atoms with E-state index in [9.17, 15) is 19.0 Å². The summed E-state index contributed by atoms with van der Waals surface area (Å²) in [4.78, 5) is 38.0. The first kappa shape index (κ1) is 85.7. The molecule has 0 saturated heterocycles. The van der Waals surface area contributed by atoms with Crippen molar-refractivity contribution in [2.75, 3.05) is 40.9 Å².